The average Bonchev–Trinajstić information content (AvgIpc) is 3.35. The Balaban J connectivity index is 1.59. The van der Waals surface area contributed by atoms with Gasteiger partial charge in [-0.2, -0.15) is 10.2 Å². The van der Waals surface area contributed by atoms with Gasteiger partial charge in [0.2, 0.25) is 0 Å². The number of anilines is 1. The van der Waals surface area contributed by atoms with Crippen molar-refractivity contribution in [3.63, 3.8) is 0 Å². The van der Waals surface area contributed by atoms with Gasteiger partial charge in [-0.15, -0.1) is 11.3 Å². The molecule has 0 bridgehead atoms. The number of nitrogens with zero attached hydrogens (tertiary/aromatic N) is 3. The van der Waals surface area contributed by atoms with E-state index in [-0.39, 0.29) is 16.5 Å². The van der Waals surface area contributed by atoms with Crippen LogP contribution in [0.4, 0.5) is 10.2 Å². The quantitative estimate of drug-likeness (QED) is 0.493. The van der Waals surface area contributed by atoms with Crippen molar-refractivity contribution in [1.82, 2.24) is 20.0 Å². The Kier molecular flexibility index (Phi) is 4.74. The fourth-order valence-electron chi connectivity index (χ4n) is 2.78. The molecule has 0 radical (unpaired) electrons. The summed E-state index contributed by atoms with van der Waals surface area (Å²) >= 11 is 8.02. The lowest BCUT2D eigenvalue weighted by atomic mass is 10.2. The summed E-state index contributed by atoms with van der Waals surface area (Å²) < 4.78 is 14.5. The fourth-order valence-corrected chi connectivity index (χ4v) is 3.97. The minimum Gasteiger partial charge on any atom is -0.305 e. The summed E-state index contributed by atoms with van der Waals surface area (Å²) in [6.07, 6.45) is 0. The first kappa shape index (κ1) is 18.4. The largest absolute Gasteiger partial charge is 0.305 e. The molecule has 1 aromatic carbocycles. The molecule has 0 aliphatic heterocycles. The number of amides is 1. The summed E-state index contributed by atoms with van der Waals surface area (Å²) in [5.41, 5.74) is 2.07. The highest BCUT2D eigenvalue weighted by Crippen LogP contribution is 2.28. The summed E-state index contributed by atoms with van der Waals surface area (Å²) in [6.45, 7) is 3.71. The van der Waals surface area contributed by atoms with Crippen LogP contribution in [0.3, 0.4) is 0 Å². The molecule has 0 aliphatic rings. The molecule has 6 nitrogen and oxygen atoms in total. The number of carbonyl (C=O) groups is 1. The molecule has 1 amide bonds. The van der Waals surface area contributed by atoms with E-state index >= 15 is 0 Å². The molecule has 0 saturated carbocycles. The first-order valence-electron chi connectivity index (χ1n) is 8.37. The summed E-state index contributed by atoms with van der Waals surface area (Å²) in [5.74, 6) is -0.399. The Hall–Kier alpha value is -2.97. The van der Waals surface area contributed by atoms with E-state index in [2.05, 4.69) is 20.6 Å². The third-order valence-electron chi connectivity index (χ3n) is 4.13. The summed E-state index contributed by atoms with van der Waals surface area (Å²) in [5, 5.41) is 14.2. The van der Waals surface area contributed by atoms with Gasteiger partial charge >= 0.3 is 0 Å². The molecule has 4 aromatic rings. The molecule has 0 aliphatic carbocycles. The number of carbonyl (C=O) groups excluding carboxylic acids is 1. The highest BCUT2D eigenvalue weighted by atomic mass is 35.5. The van der Waals surface area contributed by atoms with Crippen molar-refractivity contribution in [1.29, 1.82) is 0 Å². The van der Waals surface area contributed by atoms with Crippen LogP contribution in [0.15, 0.2) is 42.5 Å². The molecule has 142 valence electrons. The van der Waals surface area contributed by atoms with Crippen molar-refractivity contribution in [2.75, 3.05) is 5.32 Å². The maximum Gasteiger partial charge on any atom is 0.261 e. The van der Waals surface area contributed by atoms with Gasteiger partial charge in [-0.25, -0.2) is 9.07 Å². The standard InChI is InChI=1S/C19H15ClFN5OS/c1-10-3-8-15(28-10)14-9-16(24-23-14)22-19(27)17-11(2)25-26(18(17)20)13-6-4-12(21)5-7-13/h3-9H,1-2H3,(H2,22,23,24,27). The number of halogens is 2. The van der Waals surface area contributed by atoms with Crippen LogP contribution in [0.2, 0.25) is 5.15 Å². The Bertz CT molecular complexity index is 1160. The van der Waals surface area contributed by atoms with Crippen molar-refractivity contribution in [3.8, 4) is 16.3 Å². The van der Waals surface area contributed by atoms with Crippen molar-refractivity contribution in [2.45, 2.75) is 13.8 Å². The lowest BCUT2D eigenvalue weighted by Gasteiger charge is -2.04. The van der Waals surface area contributed by atoms with Crippen LogP contribution in [0.5, 0.6) is 0 Å². The smallest absolute Gasteiger partial charge is 0.261 e. The lowest BCUT2D eigenvalue weighted by molar-refractivity contribution is 0.102. The monoisotopic (exact) mass is 415 g/mol. The molecule has 9 heteroatoms. The Morgan fingerprint density at radius 1 is 1.21 bits per heavy atom. The van der Waals surface area contributed by atoms with E-state index in [9.17, 15) is 9.18 Å². The van der Waals surface area contributed by atoms with Gasteiger partial charge in [0.25, 0.3) is 5.91 Å². The van der Waals surface area contributed by atoms with Gasteiger partial charge in [0.1, 0.15) is 16.5 Å². The highest BCUT2D eigenvalue weighted by molar-refractivity contribution is 7.15. The second-order valence-electron chi connectivity index (χ2n) is 6.17. The van der Waals surface area contributed by atoms with E-state index in [0.717, 1.165) is 10.6 Å². The van der Waals surface area contributed by atoms with Gasteiger partial charge in [-0.1, -0.05) is 11.6 Å². The average molecular weight is 416 g/mol. The zero-order chi connectivity index (χ0) is 19.8. The normalized spacial score (nSPS) is 11.0. The Labute approximate surface area is 169 Å². The Morgan fingerprint density at radius 3 is 2.64 bits per heavy atom. The van der Waals surface area contributed by atoms with Gasteiger partial charge in [0, 0.05) is 10.9 Å². The highest BCUT2D eigenvalue weighted by Gasteiger charge is 2.22. The second-order valence-corrected chi connectivity index (χ2v) is 7.82. The van der Waals surface area contributed by atoms with Gasteiger partial charge in [-0.3, -0.25) is 9.89 Å². The van der Waals surface area contributed by atoms with Gasteiger partial charge < -0.3 is 5.32 Å². The molecule has 3 aromatic heterocycles. The van der Waals surface area contributed by atoms with Crippen molar-refractivity contribution in [2.24, 2.45) is 0 Å². The number of hydrogen-bond acceptors (Lipinski definition) is 4. The number of hydrogen-bond donors (Lipinski definition) is 2. The van der Waals surface area contributed by atoms with E-state index in [4.69, 9.17) is 11.6 Å². The summed E-state index contributed by atoms with van der Waals surface area (Å²) in [7, 11) is 0. The number of aromatic nitrogens is 4. The van der Waals surface area contributed by atoms with Crippen molar-refractivity contribution < 1.29 is 9.18 Å². The minimum absolute atomic E-state index is 0.145. The SMILES string of the molecule is Cc1ccc(-c2cc(NC(=O)c3c(C)nn(-c4ccc(F)cc4)c3Cl)n[nH]2)s1. The number of H-pyrrole nitrogens is 1. The van der Waals surface area contributed by atoms with Crippen LogP contribution in [0.25, 0.3) is 16.3 Å². The molecule has 0 atom stereocenters. The van der Waals surface area contributed by atoms with Crippen molar-refractivity contribution >= 4 is 34.7 Å². The van der Waals surface area contributed by atoms with Gasteiger partial charge in [0.05, 0.1) is 22.0 Å². The van der Waals surface area contributed by atoms with E-state index in [1.807, 2.05) is 19.1 Å². The summed E-state index contributed by atoms with van der Waals surface area (Å²) in [6, 6.07) is 11.5. The number of thiophene rings is 1. The van der Waals surface area contributed by atoms with Gasteiger partial charge in [-0.05, 0) is 50.2 Å². The lowest BCUT2D eigenvalue weighted by Crippen LogP contribution is -2.13. The van der Waals surface area contributed by atoms with Crippen LogP contribution in [-0.2, 0) is 0 Å². The molecule has 0 saturated heterocycles. The van der Waals surface area contributed by atoms with Crippen molar-refractivity contribution in [3.05, 3.63) is 69.6 Å². The zero-order valence-electron chi connectivity index (χ0n) is 15.0. The number of aryl methyl sites for hydroxylation is 2. The number of aromatic amines is 1. The van der Waals surface area contributed by atoms with Crippen LogP contribution in [0.1, 0.15) is 20.9 Å². The molecule has 0 unspecified atom stereocenters. The van der Waals surface area contributed by atoms with Crippen LogP contribution in [0, 0.1) is 19.7 Å². The van der Waals surface area contributed by atoms with Gasteiger partial charge in [0.15, 0.2) is 5.82 Å². The molecular formula is C19H15ClFN5OS. The molecule has 0 fully saturated rings. The topological polar surface area (TPSA) is 75.6 Å². The van der Waals surface area contributed by atoms with Crippen LogP contribution in [-0.4, -0.2) is 25.9 Å². The van der Waals surface area contributed by atoms with E-state index in [0.29, 0.717) is 17.2 Å². The predicted molar refractivity (Wildman–Crippen MR) is 108 cm³/mol. The van der Waals surface area contributed by atoms with E-state index in [1.54, 1.807) is 36.5 Å². The molecule has 2 N–H and O–H groups in total. The maximum absolute atomic E-state index is 13.1. The third-order valence-corrected chi connectivity index (χ3v) is 5.51. The van der Waals surface area contributed by atoms with Crippen LogP contribution < -0.4 is 5.32 Å². The maximum atomic E-state index is 13.1. The molecule has 0 spiro atoms. The molecule has 4 rings (SSSR count). The third kappa shape index (κ3) is 3.44. The predicted octanol–water partition coefficient (Wildman–Crippen LogP) is 4.99. The number of benzene rings is 1. The number of rotatable bonds is 4. The second kappa shape index (κ2) is 7.21. The summed E-state index contributed by atoms with van der Waals surface area (Å²) in [4.78, 5) is 15.0. The first-order chi connectivity index (χ1) is 13.4. The van der Waals surface area contributed by atoms with E-state index < -0.39 is 5.91 Å². The van der Waals surface area contributed by atoms with E-state index in [1.165, 1.54) is 21.7 Å². The zero-order valence-corrected chi connectivity index (χ0v) is 16.5. The fraction of sp³-hybridized carbons (Fsp3) is 0.105. The molecule has 3 heterocycles. The molecular weight excluding hydrogens is 401 g/mol. The Morgan fingerprint density at radius 2 is 1.96 bits per heavy atom. The minimum atomic E-state index is -0.420. The molecule has 28 heavy (non-hydrogen) atoms. The number of nitrogens with one attached hydrogen (secondary N) is 2. The first-order valence-corrected chi connectivity index (χ1v) is 9.56. The van der Waals surface area contributed by atoms with Crippen LogP contribution >= 0.6 is 22.9 Å².